The third-order valence-corrected chi connectivity index (χ3v) is 3.28. The lowest BCUT2D eigenvalue weighted by Gasteiger charge is -2.10. The molecule has 94 valence electrons. The Morgan fingerprint density at radius 3 is 2.39 bits per heavy atom. The maximum Gasteiger partial charge on any atom is 0.149 e. The molecular weight excluding hydrogens is 324 g/mol. The fourth-order valence-corrected chi connectivity index (χ4v) is 2.26. The fourth-order valence-electron chi connectivity index (χ4n) is 1.52. The Labute approximate surface area is 117 Å². The van der Waals surface area contributed by atoms with Crippen LogP contribution in [0.3, 0.4) is 0 Å². The first-order chi connectivity index (χ1) is 8.58. The van der Waals surface area contributed by atoms with Crippen molar-refractivity contribution in [1.82, 2.24) is 0 Å². The van der Waals surface area contributed by atoms with Crippen molar-refractivity contribution in [2.24, 2.45) is 0 Å². The molecule has 0 bridgehead atoms. The van der Waals surface area contributed by atoms with E-state index in [2.05, 4.69) is 21.2 Å². The summed E-state index contributed by atoms with van der Waals surface area (Å²) < 4.78 is 27.6. The van der Waals surface area contributed by atoms with Gasteiger partial charge in [-0.05, 0) is 29.8 Å². The van der Waals surface area contributed by atoms with Gasteiger partial charge in [0, 0.05) is 16.0 Å². The lowest BCUT2D eigenvalue weighted by molar-refractivity contribution is 0.588. The average molecular weight is 333 g/mol. The van der Waals surface area contributed by atoms with Crippen LogP contribution in [0.4, 0.5) is 14.5 Å². The first-order valence-electron chi connectivity index (χ1n) is 5.20. The zero-order valence-electron chi connectivity index (χ0n) is 9.18. The second-order valence-corrected chi connectivity index (χ2v) is 5.01. The van der Waals surface area contributed by atoms with Gasteiger partial charge in [-0.1, -0.05) is 39.7 Å². The molecule has 0 aliphatic carbocycles. The fraction of sp³-hybridized carbons (Fsp3) is 0.0769. The van der Waals surface area contributed by atoms with Gasteiger partial charge in [-0.3, -0.25) is 0 Å². The maximum absolute atomic E-state index is 13.4. The van der Waals surface area contributed by atoms with Crippen molar-refractivity contribution in [1.29, 1.82) is 0 Å². The summed E-state index contributed by atoms with van der Waals surface area (Å²) in [5.74, 6) is -1.24. The van der Waals surface area contributed by atoms with Crippen LogP contribution in [0.15, 0.2) is 40.9 Å². The molecule has 0 amide bonds. The Morgan fingerprint density at radius 2 is 1.78 bits per heavy atom. The lowest BCUT2D eigenvalue weighted by atomic mass is 10.2. The Balaban J connectivity index is 2.16. The number of hydrogen-bond donors (Lipinski definition) is 1. The van der Waals surface area contributed by atoms with Gasteiger partial charge in [-0.15, -0.1) is 0 Å². The minimum atomic E-state index is -0.622. The quantitative estimate of drug-likeness (QED) is 0.834. The van der Waals surface area contributed by atoms with Gasteiger partial charge in [0.25, 0.3) is 0 Å². The molecule has 2 rings (SSSR count). The zero-order valence-corrected chi connectivity index (χ0v) is 11.5. The molecule has 0 aromatic heterocycles. The minimum Gasteiger partial charge on any atom is -0.376 e. The molecule has 0 spiro atoms. The molecule has 0 unspecified atom stereocenters. The van der Waals surface area contributed by atoms with Crippen LogP contribution in [0.2, 0.25) is 5.02 Å². The Bertz CT molecular complexity index is 555. The van der Waals surface area contributed by atoms with Gasteiger partial charge in [0.2, 0.25) is 0 Å². The number of halogens is 4. The molecule has 0 aliphatic rings. The minimum absolute atomic E-state index is 0.142. The van der Waals surface area contributed by atoms with Crippen LogP contribution in [0.1, 0.15) is 5.56 Å². The predicted molar refractivity (Wildman–Crippen MR) is 72.8 cm³/mol. The summed E-state index contributed by atoms with van der Waals surface area (Å²) in [4.78, 5) is 0. The highest BCUT2D eigenvalue weighted by atomic mass is 79.9. The average Bonchev–Trinajstić information content (AvgIpc) is 2.31. The van der Waals surface area contributed by atoms with E-state index in [0.29, 0.717) is 5.02 Å². The second-order valence-electron chi connectivity index (χ2n) is 3.69. The molecular formula is C13H9BrClF2N. The van der Waals surface area contributed by atoms with Crippen LogP contribution in [0.25, 0.3) is 0 Å². The molecule has 1 nitrogen and oxygen atoms in total. The van der Waals surface area contributed by atoms with E-state index in [0.717, 1.165) is 10.0 Å². The third-order valence-electron chi connectivity index (χ3n) is 2.43. The molecule has 1 N–H and O–H groups in total. The van der Waals surface area contributed by atoms with Gasteiger partial charge in [-0.2, -0.15) is 0 Å². The van der Waals surface area contributed by atoms with E-state index in [1.807, 2.05) is 6.07 Å². The van der Waals surface area contributed by atoms with Crippen molar-refractivity contribution in [3.63, 3.8) is 0 Å². The van der Waals surface area contributed by atoms with Gasteiger partial charge in [0.1, 0.15) is 17.3 Å². The first kappa shape index (κ1) is 13.3. The number of anilines is 1. The number of para-hydroxylation sites is 1. The standard InChI is InChI=1S/C13H9BrClF2N/c14-9-5-4-8(10(15)6-9)7-18-13-11(16)2-1-3-12(13)17/h1-6,18H,7H2. The smallest absolute Gasteiger partial charge is 0.149 e. The van der Waals surface area contributed by atoms with E-state index in [1.54, 1.807) is 12.1 Å². The SMILES string of the molecule is Fc1cccc(F)c1NCc1ccc(Br)cc1Cl. The van der Waals surface area contributed by atoms with E-state index in [9.17, 15) is 8.78 Å². The van der Waals surface area contributed by atoms with Crippen molar-refractivity contribution in [2.75, 3.05) is 5.32 Å². The molecule has 0 radical (unpaired) electrons. The third kappa shape index (κ3) is 3.00. The summed E-state index contributed by atoms with van der Waals surface area (Å²) in [5, 5.41) is 3.24. The van der Waals surface area contributed by atoms with E-state index in [4.69, 9.17) is 11.6 Å². The summed E-state index contributed by atoms with van der Waals surface area (Å²) in [7, 11) is 0. The Morgan fingerprint density at radius 1 is 1.11 bits per heavy atom. The number of benzene rings is 2. The number of hydrogen-bond acceptors (Lipinski definition) is 1. The second kappa shape index (κ2) is 5.67. The molecule has 0 atom stereocenters. The molecule has 0 saturated heterocycles. The van der Waals surface area contributed by atoms with Crippen LogP contribution in [0.5, 0.6) is 0 Å². The van der Waals surface area contributed by atoms with E-state index >= 15 is 0 Å². The van der Waals surface area contributed by atoms with Crippen LogP contribution >= 0.6 is 27.5 Å². The van der Waals surface area contributed by atoms with Crippen LogP contribution in [-0.2, 0) is 6.54 Å². The summed E-state index contributed by atoms with van der Waals surface area (Å²) in [6.07, 6.45) is 0. The molecule has 5 heteroatoms. The molecule has 2 aromatic rings. The van der Waals surface area contributed by atoms with Gasteiger partial charge in [0.15, 0.2) is 0 Å². The molecule has 2 aromatic carbocycles. The number of nitrogens with one attached hydrogen (secondary N) is 1. The van der Waals surface area contributed by atoms with Crippen molar-refractivity contribution < 1.29 is 8.78 Å². The van der Waals surface area contributed by atoms with Crippen molar-refractivity contribution >= 4 is 33.2 Å². The molecule has 0 saturated carbocycles. The van der Waals surface area contributed by atoms with Crippen molar-refractivity contribution in [3.05, 3.63) is 63.1 Å². The van der Waals surface area contributed by atoms with Gasteiger partial charge < -0.3 is 5.32 Å². The highest BCUT2D eigenvalue weighted by Gasteiger charge is 2.08. The number of rotatable bonds is 3. The van der Waals surface area contributed by atoms with Crippen LogP contribution < -0.4 is 5.32 Å². The molecule has 0 aliphatic heterocycles. The normalized spacial score (nSPS) is 10.4. The lowest BCUT2D eigenvalue weighted by Crippen LogP contribution is -2.04. The predicted octanol–water partition coefficient (Wildman–Crippen LogP) is 4.99. The highest BCUT2D eigenvalue weighted by molar-refractivity contribution is 9.10. The molecule has 18 heavy (non-hydrogen) atoms. The summed E-state index contributed by atoms with van der Waals surface area (Å²) in [5.41, 5.74) is 0.624. The Hall–Kier alpha value is -1.13. The summed E-state index contributed by atoms with van der Waals surface area (Å²) >= 11 is 9.31. The molecule has 0 heterocycles. The highest BCUT2D eigenvalue weighted by Crippen LogP contribution is 2.24. The monoisotopic (exact) mass is 331 g/mol. The molecule has 0 fully saturated rings. The Kier molecular flexibility index (Phi) is 4.19. The largest absolute Gasteiger partial charge is 0.376 e. The van der Waals surface area contributed by atoms with Crippen molar-refractivity contribution in [2.45, 2.75) is 6.54 Å². The van der Waals surface area contributed by atoms with E-state index in [1.165, 1.54) is 18.2 Å². The first-order valence-corrected chi connectivity index (χ1v) is 6.37. The topological polar surface area (TPSA) is 12.0 Å². The van der Waals surface area contributed by atoms with E-state index in [-0.39, 0.29) is 12.2 Å². The van der Waals surface area contributed by atoms with Crippen LogP contribution in [-0.4, -0.2) is 0 Å². The van der Waals surface area contributed by atoms with Gasteiger partial charge in [0.05, 0.1) is 0 Å². The van der Waals surface area contributed by atoms with Gasteiger partial charge in [-0.25, -0.2) is 8.78 Å². The van der Waals surface area contributed by atoms with Crippen molar-refractivity contribution in [3.8, 4) is 0 Å². The van der Waals surface area contributed by atoms with E-state index < -0.39 is 11.6 Å². The van der Waals surface area contributed by atoms with Crippen LogP contribution in [0, 0.1) is 11.6 Å². The summed E-state index contributed by atoms with van der Waals surface area (Å²) in [6, 6.07) is 9.07. The zero-order chi connectivity index (χ0) is 13.1. The summed E-state index contributed by atoms with van der Waals surface area (Å²) in [6.45, 7) is 0.254. The van der Waals surface area contributed by atoms with Gasteiger partial charge >= 0.3 is 0 Å². The maximum atomic E-state index is 13.4.